The third-order valence-electron chi connectivity index (χ3n) is 4.80. The monoisotopic (exact) mass is 577 g/mol. The van der Waals surface area contributed by atoms with E-state index in [0.717, 1.165) is 27.0 Å². The molecule has 0 saturated heterocycles. The number of carbonyl (C=O) groups is 2. The fraction of sp³-hybridized carbons (Fsp3) is 0.364. The van der Waals surface area contributed by atoms with E-state index in [4.69, 9.17) is 23.2 Å². The van der Waals surface area contributed by atoms with Gasteiger partial charge in [-0.25, -0.2) is 8.42 Å². The standard InChI is InChI=1S/C22H26BrCl2N3O4S/c1-4-9-26-22(30)15(2)27(13-16-5-7-17(23)8-6-16)21(29)14-28(33(3,31)32)20-11-18(24)10-19(25)12-20/h5-8,10-12,15H,4,9,13-14H2,1-3H3,(H,26,30)/t15-/m1/s1. The molecule has 0 saturated carbocycles. The van der Waals surface area contributed by atoms with Gasteiger partial charge in [-0.05, 0) is 49.2 Å². The molecule has 33 heavy (non-hydrogen) atoms. The van der Waals surface area contributed by atoms with Crippen molar-refractivity contribution in [3.63, 3.8) is 0 Å². The van der Waals surface area contributed by atoms with Gasteiger partial charge in [0.1, 0.15) is 12.6 Å². The fourth-order valence-corrected chi connectivity index (χ4v) is 4.67. The van der Waals surface area contributed by atoms with Crippen LogP contribution >= 0.6 is 39.1 Å². The first-order valence-electron chi connectivity index (χ1n) is 10.2. The normalized spacial score (nSPS) is 12.2. The van der Waals surface area contributed by atoms with Crippen molar-refractivity contribution >= 4 is 66.7 Å². The summed E-state index contributed by atoms with van der Waals surface area (Å²) in [6, 6.07) is 10.8. The molecule has 0 unspecified atom stereocenters. The largest absolute Gasteiger partial charge is 0.354 e. The predicted octanol–water partition coefficient (Wildman–Crippen LogP) is 4.47. The molecule has 0 radical (unpaired) electrons. The van der Waals surface area contributed by atoms with Crippen molar-refractivity contribution < 1.29 is 18.0 Å². The van der Waals surface area contributed by atoms with Crippen molar-refractivity contribution in [2.45, 2.75) is 32.9 Å². The summed E-state index contributed by atoms with van der Waals surface area (Å²) in [5.41, 5.74) is 0.952. The Balaban J connectivity index is 2.39. The summed E-state index contributed by atoms with van der Waals surface area (Å²) in [5.74, 6) is -0.863. The zero-order valence-corrected chi connectivity index (χ0v) is 22.4. The van der Waals surface area contributed by atoms with Crippen LogP contribution in [0.2, 0.25) is 10.0 Å². The Morgan fingerprint density at radius 3 is 2.18 bits per heavy atom. The number of nitrogens with one attached hydrogen (secondary N) is 1. The van der Waals surface area contributed by atoms with Gasteiger partial charge in [0, 0.05) is 27.6 Å². The number of benzene rings is 2. The molecule has 0 aliphatic carbocycles. The molecule has 180 valence electrons. The molecular weight excluding hydrogens is 553 g/mol. The SMILES string of the molecule is CCCNC(=O)[C@@H](C)N(Cc1ccc(Br)cc1)C(=O)CN(c1cc(Cl)cc(Cl)c1)S(C)(=O)=O. The second kappa shape index (κ2) is 12.1. The molecule has 0 aliphatic heterocycles. The Labute approximate surface area is 213 Å². The van der Waals surface area contributed by atoms with Gasteiger partial charge in [0.2, 0.25) is 21.8 Å². The maximum Gasteiger partial charge on any atom is 0.244 e. The number of nitrogens with zero attached hydrogens (tertiary/aromatic N) is 2. The Bertz CT molecular complexity index is 1080. The molecule has 1 N–H and O–H groups in total. The second-order valence-corrected chi connectivity index (χ2v) is 11.2. The van der Waals surface area contributed by atoms with Crippen LogP contribution in [0.1, 0.15) is 25.8 Å². The average molecular weight is 579 g/mol. The van der Waals surface area contributed by atoms with Crippen LogP contribution in [0, 0.1) is 0 Å². The lowest BCUT2D eigenvalue weighted by atomic mass is 10.1. The first-order chi connectivity index (χ1) is 15.4. The van der Waals surface area contributed by atoms with Crippen LogP contribution in [-0.4, -0.2) is 50.5 Å². The van der Waals surface area contributed by atoms with Gasteiger partial charge < -0.3 is 10.2 Å². The first kappa shape index (κ1) is 27.4. The smallest absolute Gasteiger partial charge is 0.244 e. The number of amides is 2. The summed E-state index contributed by atoms with van der Waals surface area (Å²) in [5, 5.41) is 3.25. The van der Waals surface area contributed by atoms with E-state index in [1.165, 1.54) is 23.1 Å². The van der Waals surface area contributed by atoms with Crippen molar-refractivity contribution in [3.8, 4) is 0 Å². The van der Waals surface area contributed by atoms with Crippen LogP contribution in [0.15, 0.2) is 46.9 Å². The van der Waals surface area contributed by atoms with Crippen LogP contribution in [0.4, 0.5) is 5.69 Å². The molecule has 2 aromatic rings. The maximum atomic E-state index is 13.4. The van der Waals surface area contributed by atoms with Crippen molar-refractivity contribution in [2.24, 2.45) is 0 Å². The van der Waals surface area contributed by atoms with E-state index in [1.54, 1.807) is 6.92 Å². The number of hydrogen-bond donors (Lipinski definition) is 1. The van der Waals surface area contributed by atoms with Gasteiger partial charge in [0.05, 0.1) is 11.9 Å². The molecular formula is C22H26BrCl2N3O4S. The van der Waals surface area contributed by atoms with E-state index >= 15 is 0 Å². The lowest BCUT2D eigenvalue weighted by Gasteiger charge is -2.31. The lowest BCUT2D eigenvalue weighted by Crippen LogP contribution is -2.51. The third kappa shape index (κ3) is 8.17. The van der Waals surface area contributed by atoms with Gasteiger partial charge in [0.25, 0.3) is 0 Å². The minimum absolute atomic E-state index is 0.126. The molecule has 2 rings (SSSR count). The summed E-state index contributed by atoms with van der Waals surface area (Å²) < 4.78 is 26.9. The molecule has 0 aromatic heterocycles. The van der Waals surface area contributed by atoms with Gasteiger partial charge in [-0.1, -0.05) is 58.2 Å². The van der Waals surface area contributed by atoms with E-state index in [1.807, 2.05) is 31.2 Å². The Morgan fingerprint density at radius 1 is 1.09 bits per heavy atom. The highest BCUT2D eigenvalue weighted by molar-refractivity contribution is 9.10. The molecule has 1 atom stereocenters. The molecule has 0 spiro atoms. The minimum Gasteiger partial charge on any atom is -0.354 e. The average Bonchev–Trinajstić information content (AvgIpc) is 2.73. The molecule has 0 fully saturated rings. The van der Waals surface area contributed by atoms with Crippen LogP contribution < -0.4 is 9.62 Å². The van der Waals surface area contributed by atoms with Crippen LogP contribution in [0.25, 0.3) is 0 Å². The minimum atomic E-state index is -3.86. The topological polar surface area (TPSA) is 86.8 Å². The number of carbonyl (C=O) groups excluding carboxylic acids is 2. The van der Waals surface area contributed by atoms with Gasteiger partial charge in [0.15, 0.2) is 0 Å². The highest BCUT2D eigenvalue weighted by Gasteiger charge is 2.30. The molecule has 0 heterocycles. The maximum absolute atomic E-state index is 13.4. The number of anilines is 1. The van der Waals surface area contributed by atoms with E-state index in [9.17, 15) is 18.0 Å². The molecule has 11 heteroatoms. The molecule has 0 aliphatic rings. The van der Waals surface area contributed by atoms with Crippen LogP contribution in [0.5, 0.6) is 0 Å². The Kier molecular flexibility index (Phi) is 10.0. The van der Waals surface area contributed by atoms with Gasteiger partial charge >= 0.3 is 0 Å². The van der Waals surface area contributed by atoms with Crippen molar-refractivity contribution in [2.75, 3.05) is 23.7 Å². The number of sulfonamides is 1. The lowest BCUT2D eigenvalue weighted by molar-refractivity contribution is -0.139. The van der Waals surface area contributed by atoms with Crippen LogP contribution in [0.3, 0.4) is 0 Å². The number of rotatable bonds is 10. The fourth-order valence-electron chi connectivity index (χ4n) is 3.06. The van der Waals surface area contributed by atoms with Crippen molar-refractivity contribution in [1.29, 1.82) is 0 Å². The molecule has 2 amide bonds. The van der Waals surface area contributed by atoms with Crippen molar-refractivity contribution in [3.05, 3.63) is 62.5 Å². The Hall–Kier alpha value is -1.81. The first-order valence-corrected chi connectivity index (χ1v) is 13.6. The van der Waals surface area contributed by atoms with Crippen LogP contribution in [-0.2, 0) is 26.2 Å². The summed E-state index contributed by atoms with van der Waals surface area (Å²) in [6.07, 6.45) is 1.74. The summed E-state index contributed by atoms with van der Waals surface area (Å²) >= 11 is 15.5. The highest BCUT2D eigenvalue weighted by atomic mass is 79.9. The number of hydrogen-bond acceptors (Lipinski definition) is 4. The zero-order valence-electron chi connectivity index (χ0n) is 18.5. The third-order valence-corrected chi connectivity index (χ3v) is 6.90. The predicted molar refractivity (Wildman–Crippen MR) is 136 cm³/mol. The molecule has 0 bridgehead atoms. The van der Waals surface area contributed by atoms with E-state index < -0.39 is 28.5 Å². The quantitative estimate of drug-likeness (QED) is 0.451. The molecule has 7 nitrogen and oxygen atoms in total. The van der Waals surface area contributed by atoms with E-state index in [2.05, 4.69) is 21.2 Å². The van der Waals surface area contributed by atoms with E-state index in [-0.39, 0.29) is 28.2 Å². The summed E-state index contributed by atoms with van der Waals surface area (Å²) in [7, 11) is -3.86. The van der Waals surface area contributed by atoms with Gasteiger partial charge in [-0.3, -0.25) is 13.9 Å². The van der Waals surface area contributed by atoms with Gasteiger partial charge in [-0.15, -0.1) is 0 Å². The highest BCUT2D eigenvalue weighted by Crippen LogP contribution is 2.27. The van der Waals surface area contributed by atoms with E-state index in [0.29, 0.717) is 6.54 Å². The van der Waals surface area contributed by atoms with Gasteiger partial charge in [-0.2, -0.15) is 0 Å². The summed E-state index contributed by atoms with van der Waals surface area (Å²) in [6.45, 7) is 3.62. The Morgan fingerprint density at radius 2 is 1.67 bits per heavy atom. The zero-order chi connectivity index (χ0) is 24.8. The number of halogens is 3. The second-order valence-electron chi connectivity index (χ2n) is 7.51. The summed E-state index contributed by atoms with van der Waals surface area (Å²) in [4.78, 5) is 27.4. The molecule has 2 aromatic carbocycles. The van der Waals surface area contributed by atoms with Crippen molar-refractivity contribution in [1.82, 2.24) is 10.2 Å².